The number of amides is 2. The van der Waals surface area contributed by atoms with E-state index in [0.717, 1.165) is 49.7 Å². The van der Waals surface area contributed by atoms with Crippen molar-refractivity contribution in [1.82, 2.24) is 10.2 Å². The number of rotatable bonds is 6. The van der Waals surface area contributed by atoms with E-state index in [1.165, 1.54) is 0 Å². The number of nitrogens with zero attached hydrogens (tertiary/aromatic N) is 1. The Bertz CT molecular complexity index is 818. The summed E-state index contributed by atoms with van der Waals surface area (Å²) in [5.41, 5.74) is 1.42. The Morgan fingerprint density at radius 2 is 1.70 bits per heavy atom. The van der Waals surface area contributed by atoms with Gasteiger partial charge in [-0.15, -0.1) is 0 Å². The molecule has 2 amide bonds. The Balaban J connectivity index is 1.47. The van der Waals surface area contributed by atoms with Gasteiger partial charge >= 0.3 is 0 Å². The second-order valence-electron chi connectivity index (χ2n) is 6.45. The van der Waals surface area contributed by atoms with Crippen LogP contribution in [0.3, 0.4) is 0 Å². The molecule has 0 aromatic heterocycles. The van der Waals surface area contributed by atoms with Crippen LogP contribution in [0.2, 0.25) is 0 Å². The van der Waals surface area contributed by atoms with Gasteiger partial charge in [0, 0.05) is 25.2 Å². The number of nitrogens with one attached hydrogen (secondary N) is 2. The smallest absolute Gasteiger partial charge is 0.253 e. The number of benzene rings is 2. The third-order valence-electron chi connectivity index (χ3n) is 4.45. The van der Waals surface area contributed by atoms with Crippen molar-refractivity contribution in [2.75, 3.05) is 25.0 Å². The van der Waals surface area contributed by atoms with Crippen molar-refractivity contribution in [2.24, 2.45) is 0 Å². The number of carbonyl (C=O) groups is 2. The first kappa shape index (κ1) is 18.8. The van der Waals surface area contributed by atoms with Gasteiger partial charge in [0.25, 0.3) is 5.91 Å². The largest absolute Gasteiger partial charge is 0.374 e. The van der Waals surface area contributed by atoms with Gasteiger partial charge in [-0.2, -0.15) is 0 Å². The summed E-state index contributed by atoms with van der Waals surface area (Å²) in [5.74, 6) is -1.52. The molecule has 0 saturated carbocycles. The van der Waals surface area contributed by atoms with Gasteiger partial charge < -0.3 is 15.5 Å². The van der Waals surface area contributed by atoms with Gasteiger partial charge in [-0.25, -0.2) is 8.78 Å². The summed E-state index contributed by atoms with van der Waals surface area (Å²) in [5, 5.41) is 5.26. The molecule has 3 rings (SSSR count). The van der Waals surface area contributed by atoms with Crippen molar-refractivity contribution in [3.63, 3.8) is 0 Å². The Morgan fingerprint density at radius 1 is 1.00 bits per heavy atom. The molecular formula is C20H21F2N3O2. The summed E-state index contributed by atoms with van der Waals surface area (Å²) in [7, 11) is 0. The van der Waals surface area contributed by atoms with Crippen LogP contribution < -0.4 is 10.6 Å². The van der Waals surface area contributed by atoms with Crippen LogP contribution in [0.15, 0.2) is 42.5 Å². The normalized spacial score (nSPS) is 13.5. The summed E-state index contributed by atoms with van der Waals surface area (Å²) >= 11 is 0. The molecule has 142 valence electrons. The summed E-state index contributed by atoms with van der Waals surface area (Å²) in [6.45, 7) is 1.71. The van der Waals surface area contributed by atoms with Gasteiger partial charge in [0.05, 0.1) is 12.2 Å². The van der Waals surface area contributed by atoms with E-state index in [-0.39, 0.29) is 30.6 Å². The molecule has 0 aliphatic carbocycles. The molecule has 0 unspecified atom stereocenters. The van der Waals surface area contributed by atoms with Gasteiger partial charge in [-0.05, 0) is 48.7 Å². The average molecular weight is 373 g/mol. The fourth-order valence-electron chi connectivity index (χ4n) is 2.94. The fraction of sp³-hybridized carbons (Fsp3) is 0.300. The second kappa shape index (κ2) is 8.62. The zero-order valence-electron chi connectivity index (χ0n) is 14.8. The molecule has 1 fully saturated rings. The standard InChI is InChI=1S/C20H21F2N3O2/c21-16-7-8-17(22)18(11-16)23-13-19(26)24-12-14-3-5-15(6-4-14)20(27)25-9-1-2-10-25/h3-8,11,23H,1-2,9-10,12-13H2,(H,24,26). The topological polar surface area (TPSA) is 61.4 Å². The maximum atomic E-state index is 13.5. The van der Waals surface area contributed by atoms with Gasteiger partial charge in [0.2, 0.25) is 5.91 Å². The lowest BCUT2D eigenvalue weighted by atomic mass is 10.1. The molecule has 7 heteroatoms. The molecule has 5 nitrogen and oxygen atoms in total. The predicted molar refractivity (Wildman–Crippen MR) is 98.3 cm³/mol. The lowest BCUT2D eigenvalue weighted by Crippen LogP contribution is -2.29. The lowest BCUT2D eigenvalue weighted by Gasteiger charge is -2.15. The van der Waals surface area contributed by atoms with E-state index in [1.54, 1.807) is 24.3 Å². The zero-order valence-corrected chi connectivity index (χ0v) is 14.8. The Labute approximate surface area is 156 Å². The van der Waals surface area contributed by atoms with Crippen LogP contribution in [0.5, 0.6) is 0 Å². The molecule has 2 aromatic rings. The van der Waals surface area contributed by atoms with Crippen molar-refractivity contribution >= 4 is 17.5 Å². The minimum absolute atomic E-state index is 0.0319. The maximum absolute atomic E-state index is 13.5. The molecule has 1 heterocycles. The van der Waals surface area contributed by atoms with Crippen LogP contribution in [-0.4, -0.2) is 36.3 Å². The molecule has 1 aliphatic rings. The molecule has 0 atom stereocenters. The average Bonchev–Trinajstić information content (AvgIpc) is 3.21. The number of hydrogen-bond acceptors (Lipinski definition) is 3. The Morgan fingerprint density at radius 3 is 2.41 bits per heavy atom. The van der Waals surface area contributed by atoms with Crippen LogP contribution in [0.25, 0.3) is 0 Å². The van der Waals surface area contributed by atoms with E-state index in [2.05, 4.69) is 10.6 Å². The first-order chi connectivity index (χ1) is 13.0. The highest BCUT2D eigenvalue weighted by atomic mass is 19.1. The number of carbonyl (C=O) groups excluding carboxylic acids is 2. The molecule has 27 heavy (non-hydrogen) atoms. The van der Waals surface area contributed by atoms with Gasteiger partial charge in [-0.3, -0.25) is 9.59 Å². The Kier molecular flexibility index (Phi) is 6.01. The van der Waals surface area contributed by atoms with Crippen LogP contribution in [-0.2, 0) is 11.3 Å². The SMILES string of the molecule is O=C(CNc1cc(F)ccc1F)NCc1ccc(C(=O)N2CCCC2)cc1. The highest BCUT2D eigenvalue weighted by Gasteiger charge is 2.19. The molecule has 2 aromatic carbocycles. The van der Waals surface area contributed by atoms with Crippen molar-refractivity contribution in [3.05, 3.63) is 65.2 Å². The first-order valence-corrected chi connectivity index (χ1v) is 8.87. The van der Waals surface area contributed by atoms with E-state index >= 15 is 0 Å². The highest BCUT2D eigenvalue weighted by molar-refractivity contribution is 5.94. The number of likely N-dealkylation sites (tertiary alicyclic amines) is 1. The summed E-state index contributed by atoms with van der Waals surface area (Å²) in [4.78, 5) is 26.0. The van der Waals surface area contributed by atoms with Crippen molar-refractivity contribution in [2.45, 2.75) is 19.4 Å². The van der Waals surface area contributed by atoms with Crippen LogP contribution >= 0.6 is 0 Å². The van der Waals surface area contributed by atoms with E-state index in [0.29, 0.717) is 5.56 Å². The number of halogens is 2. The van der Waals surface area contributed by atoms with Gasteiger partial charge in [0.15, 0.2) is 0 Å². The maximum Gasteiger partial charge on any atom is 0.253 e. The Hall–Kier alpha value is -2.96. The van der Waals surface area contributed by atoms with E-state index in [1.807, 2.05) is 4.90 Å². The van der Waals surface area contributed by atoms with Crippen LogP contribution in [0.4, 0.5) is 14.5 Å². The molecule has 1 saturated heterocycles. The van der Waals surface area contributed by atoms with Crippen LogP contribution in [0, 0.1) is 11.6 Å². The minimum Gasteiger partial charge on any atom is -0.374 e. The zero-order chi connectivity index (χ0) is 19.2. The van der Waals surface area contributed by atoms with Crippen molar-refractivity contribution in [1.29, 1.82) is 0 Å². The predicted octanol–water partition coefficient (Wildman–Crippen LogP) is 2.93. The highest BCUT2D eigenvalue weighted by Crippen LogP contribution is 2.15. The fourth-order valence-corrected chi connectivity index (χ4v) is 2.94. The van der Waals surface area contributed by atoms with Gasteiger partial charge in [-0.1, -0.05) is 12.1 Å². The third kappa shape index (κ3) is 5.03. The summed E-state index contributed by atoms with van der Waals surface area (Å²) in [6, 6.07) is 10.1. The number of hydrogen-bond donors (Lipinski definition) is 2. The van der Waals surface area contributed by atoms with E-state index < -0.39 is 11.6 Å². The summed E-state index contributed by atoms with van der Waals surface area (Å²) < 4.78 is 26.6. The molecule has 0 radical (unpaired) electrons. The van der Waals surface area contributed by atoms with E-state index in [9.17, 15) is 18.4 Å². The molecular weight excluding hydrogens is 352 g/mol. The van der Waals surface area contributed by atoms with Crippen molar-refractivity contribution in [3.8, 4) is 0 Å². The molecule has 1 aliphatic heterocycles. The van der Waals surface area contributed by atoms with E-state index in [4.69, 9.17) is 0 Å². The van der Waals surface area contributed by atoms with Crippen molar-refractivity contribution < 1.29 is 18.4 Å². The van der Waals surface area contributed by atoms with Gasteiger partial charge in [0.1, 0.15) is 11.6 Å². The first-order valence-electron chi connectivity index (χ1n) is 8.87. The quantitative estimate of drug-likeness (QED) is 0.819. The third-order valence-corrected chi connectivity index (χ3v) is 4.45. The molecule has 0 bridgehead atoms. The number of anilines is 1. The second-order valence-corrected chi connectivity index (χ2v) is 6.45. The monoisotopic (exact) mass is 373 g/mol. The minimum atomic E-state index is -0.623. The molecule has 0 spiro atoms. The lowest BCUT2D eigenvalue weighted by molar-refractivity contribution is -0.119. The summed E-state index contributed by atoms with van der Waals surface area (Å²) in [6.07, 6.45) is 2.09. The van der Waals surface area contributed by atoms with Crippen LogP contribution in [0.1, 0.15) is 28.8 Å². The molecule has 2 N–H and O–H groups in total.